The van der Waals surface area contributed by atoms with E-state index in [-0.39, 0.29) is 11.8 Å². The molecule has 0 aliphatic carbocycles. The van der Waals surface area contributed by atoms with Gasteiger partial charge in [0.05, 0.1) is 5.92 Å². The molecule has 0 saturated carbocycles. The van der Waals surface area contributed by atoms with Crippen molar-refractivity contribution in [3.8, 4) is 11.5 Å². The molecule has 1 atom stereocenters. The monoisotopic (exact) mass is 340 g/mol. The number of halogens is 1. The minimum Gasteiger partial charge on any atom is -0.339 e. The Morgan fingerprint density at radius 2 is 2.00 bits per heavy atom. The second-order valence-electron chi connectivity index (χ2n) is 5.55. The summed E-state index contributed by atoms with van der Waals surface area (Å²) in [5, 5.41) is 4.61. The summed E-state index contributed by atoms with van der Waals surface area (Å²) < 4.78 is 5.35. The van der Waals surface area contributed by atoms with Crippen LogP contribution in [-0.2, 0) is 4.79 Å². The van der Waals surface area contributed by atoms with E-state index in [1.165, 1.54) is 0 Å². The van der Waals surface area contributed by atoms with Crippen molar-refractivity contribution in [2.24, 2.45) is 0 Å². The van der Waals surface area contributed by atoms with E-state index in [4.69, 9.17) is 16.1 Å². The molecule has 3 heterocycles. The minimum atomic E-state index is -0.127. The van der Waals surface area contributed by atoms with Crippen LogP contribution in [0.2, 0.25) is 5.02 Å². The third kappa shape index (κ3) is 2.76. The van der Waals surface area contributed by atoms with Crippen molar-refractivity contribution in [1.29, 1.82) is 0 Å². The Morgan fingerprint density at radius 1 is 1.17 bits per heavy atom. The van der Waals surface area contributed by atoms with Crippen LogP contribution in [0.1, 0.15) is 18.2 Å². The van der Waals surface area contributed by atoms with Gasteiger partial charge in [-0.25, -0.2) is 0 Å². The fraction of sp³-hybridized carbons (Fsp3) is 0.176. The zero-order chi connectivity index (χ0) is 16.5. The average molecular weight is 341 g/mol. The third-order valence-corrected chi connectivity index (χ3v) is 4.20. The Balaban J connectivity index is 1.55. The van der Waals surface area contributed by atoms with Gasteiger partial charge in [0.15, 0.2) is 0 Å². The van der Waals surface area contributed by atoms with Crippen molar-refractivity contribution >= 4 is 23.2 Å². The molecule has 3 aromatic rings. The van der Waals surface area contributed by atoms with Crippen LogP contribution in [0.15, 0.2) is 53.2 Å². The lowest BCUT2D eigenvalue weighted by Gasteiger charge is -2.15. The topological polar surface area (TPSA) is 72.1 Å². The van der Waals surface area contributed by atoms with Crippen LogP contribution < -0.4 is 4.90 Å². The highest BCUT2D eigenvalue weighted by Gasteiger charge is 2.35. The van der Waals surface area contributed by atoms with Gasteiger partial charge in [0, 0.05) is 29.9 Å². The summed E-state index contributed by atoms with van der Waals surface area (Å²) in [7, 11) is 0. The second-order valence-corrected chi connectivity index (χ2v) is 5.99. The number of nitrogens with zero attached hydrogens (tertiary/aromatic N) is 4. The molecule has 120 valence electrons. The highest BCUT2D eigenvalue weighted by molar-refractivity contribution is 6.30. The van der Waals surface area contributed by atoms with E-state index in [1.807, 2.05) is 30.3 Å². The lowest BCUT2D eigenvalue weighted by atomic mass is 10.1. The van der Waals surface area contributed by atoms with Crippen molar-refractivity contribution in [3.63, 3.8) is 0 Å². The van der Waals surface area contributed by atoms with Gasteiger partial charge in [0.1, 0.15) is 5.69 Å². The smallest absolute Gasteiger partial charge is 0.232 e. The van der Waals surface area contributed by atoms with Gasteiger partial charge >= 0.3 is 0 Å². The fourth-order valence-corrected chi connectivity index (χ4v) is 2.87. The maximum absolute atomic E-state index is 12.3. The number of benzene rings is 1. The summed E-state index contributed by atoms with van der Waals surface area (Å²) in [4.78, 5) is 22.6. The molecule has 6 nitrogen and oxygen atoms in total. The van der Waals surface area contributed by atoms with Gasteiger partial charge in [-0.1, -0.05) is 22.8 Å². The maximum atomic E-state index is 12.3. The van der Waals surface area contributed by atoms with E-state index >= 15 is 0 Å². The summed E-state index contributed by atoms with van der Waals surface area (Å²) in [5.41, 5.74) is 1.46. The molecule has 0 bridgehead atoms. The molecule has 4 rings (SSSR count). The van der Waals surface area contributed by atoms with Crippen LogP contribution in [0.25, 0.3) is 11.5 Å². The Labute approximate surface area is 143 Å². The first-order chi connectivity index (χ1) is 11.7. The molecule has 1 unspecified atom stereocenters. The van der Waals surface area contributed by atoms with Gasteiger partial charge in [-0.2, -0.15) is 4.98 Å². The molecule has 2 aromatic heterocycles. The Bertz CT molecular complexity index is 864. The van der Waals surface area contributed by atoms with Crippen LogP contribution in [0, 0.1) is 0 Å². The average Bonchev–Trinajstić information content (AvgIpc) is 3.23. The normalized spacial score (nSPS) is 17.5. The van der Waals surface area contributed by atoms with Gasteiger partial charge in [-0.05, 0) is 36.4 Å². The predicted octanol–water partition coefficient (Wildman–Crippen LogP) is 3.31. The lowest BCUT2D eigenvalue weighted by molar-refractivity contribution is -0.117. The first-order valence-electron chi connectivity index (χ1n) is 7.51. The summed E-state index contributed by atoms with van der Waals surface area (Å²) in [6.45, 7) is 0.504. The highest BCUT2D eigenvalue weighted by atomic mass is 35.5. The van der Waals surface area contributed by atoms with Crippen LogP contribution in [0.5, 0.6) is 0 Å². The van der Waals surface area contributed by atoms with Gasteiger partial charge in [0.2, 0.25) is 17.6 Å². The summed E-state index contributed by atoms with van der Waals surface area (Å²) >= 11 is 5.90. The number of pyridine rings is 1. The quantitative estimate of drug-likeness (QED) is 0.731. The molecule has 7 heteroatoms. The van der Waals surface area contributed by atoms with Gasteiger partial charge < -0.3 is 9.42 Å². The van der Waals surface area contributed by atoms with Crippen molar-refractivity contribution < 1.29 is 9.32 Å². The van der Waals surface area contributed by atoms with E-state index in [9.17, 15) is 4.79 Å². The largest absolute Gasteiger partial charge is 0.339 e. The molecule has 1 saturated heterocycles. The van der Waals surface area contributed by atoms with Crippen molar-refractivity contribution in [2.45, 2.75) is 12.3 Å². The molecule has 0 spiro atoms. The van der Waals surface area contributed by atoms with Crippen molar-refractivity contribution in [1.82, 2.24) is 15.1 Å². The van der Waals surface area contributed by atoms with Crippen LogP contribution in [0.4, 0.5) is 5.69 Å². The number of carbonyl (C=O) groups excluding carboxylic acids is 1. The molecule has 1 fully saturated rings. The number of amides is 1. The molecule has 0 radical (unpaired) electrons. The number of hydrogen-bond acceptors (Lipinski definition) is 5. The standard InChI is InChI=1S/C17H13ClN4O2/c18-12-4-6-13(7-5-12)22-10-11(9-15(22)23)17-20-16(21-24-17)14-3-1-2-8-19-14/h1-8,11H,9-10H2. The molecule has 0 N–H and O–H groups in total. The summed E-state index contributed by atoms with van der Waals surface area (Å²) in [6, 6.07) is 12.7. The predicted molar refractivity (Wildman–Crippen MR) is 88.7 cm³/mol. The SMILES string of the molecule is O=C1CC(c2nc(-c3ccccn3)no2)CN1c1ccc(Cl)cc1. The first-order valence-corrected chi connectivity index (χ1v) is 7.89. The number of aromatic nitrogens is 3. The Kier molecular flexibility index (Phi) is 3.74. The second kappa shape index (κ2) is 6.05. The number of anilines is 1. The van der Waals surface area contributed by atoms with E-state index in [0.29, 0.717) is 35.4 Å². The minimum absolute atomic E-state index is 0.0277. The molecule has 1 aliphatic rings. The van der Waals surface area contributed by atoms with Crippen molar-refractivity contribution in [3.05, 3.63) is 59.6 Å². The highest BCUT2D eigenvalue weighted by Crippen LogP contribution is 2.32. The molecule has 24 heavy (non-hydrogen) atoms. The molecule has 1 aliphatic heterocycles. The number of carbonyl (C=O) groups is 1. The molecule has 1 aromatic carbocycles. The number of rotatable bonds is 3. The first kappa shape index (κ1) is 14.8. The van der Waals surface area contributed by atoms with Gasteiger partial charge in [-0.15, -0.1) is 0 Å². The van der Waals surface area contributed by atoms with Crippen molar-refractivity contribution in [2.75, 3.05) is 11.4 Å². The summed E-state index contributed by atoms with van der Waals surface area (Å²) in [5.74, 6) is 0.793. The van der Waals surface area contributed by atoms with E-state index in [0.717, 1.165) is 5.69 Å². The zero-order valence-corrected chi connectivity index (χ0v) is 13.3. The van der Waals surface area contributed by atoms with Crippen LogP contribution >= 0.6 is 11.6 Å². The van der Waals surface area contributed by atoms with E-state index in [2.05, 4.69) is 15.1 Å². The van der Waals surface area contributed by atoms with E-state index < -0.39 is 0 Å². The van der Waals surface area contributed by atoms with Gasteiger partial charge in [-0.3, -0.25) is 9.78 Å². The Hall–Kier alpha value is -2.73. The zero-order valence-electron chi connectivity index (χ0n) is 12.6. The van der Waals surface area contributed by atoms with E-state index in [1.54, 1.807) is 23.2 Å². The summed E-state index contributed by atoms with van der Waals surface area (Å²) in [6.07, 6.45) is 2.01. The Morgan fingerprint density at radius 3 is 2.75 bits per heavy atom. The molecular formula is C17H13ClN4O2. The molecule has 1 amide bonds. The lowest BCUT2D eigenvalue weighted by Crippen LogP contribution is -2.24. The third-order valence-electron chi connectivity index (χ3n) is 3.95. The van der Waals surface area contributed by atoms with Crippen LogP contribution in [-0.4, -0.2) is 27.6 Å². The fourth-order valence-electron chi connectivity index (χ4n) is 2.74. The maximum Gasteiger partial charge on any atom is 0.232 e. The van der Waals surface area contributed by atoms with Gasteiger partial charge in [0.25, 0.3) is 0 Å². The number of hydrogen-bond donors (Lipinski definition) is 0. The molecular weight excluding hydrogens is 328 g/mol. The van der Waals surface area contributed by atoms with Crippen LogP contribution in [0.3, 0.4) is 0 Å².